The molecule has 2 aliphatic rings. The monoisotopic (exact) mass is 359 g/mol. The lowest BCUT2D eigenvalue weighted by Crippen LogP contribution is -2.31. The highest BCUT2D eigenvalue weighted by Crippen LogP contribution is 2.34. The van der Waals surface area contributed by atoms with Crippen molar-refractivity contribution >= 4 is 25.8 Å². The number of fused-ring (bicyclic) bond motifs is 1. The van der Waals surface area contributed by atoms with Crippen LogP contribution in [0.1, 0.15) is 24.4 Å². The molecule has 0 amide bonds. The lowest BCUT2D eigenvalue weighted by Gasteiger charge is -2.28. The van der Waals surface area contributed by atoms with E-state index in [1.807, 2.05) is 12.1 Å². The van der Waals surface area contributed by atoms with E-state index in [2.05, 4.69) is 27.3 Å². The highest BCUT2D eigenvalue weighted by molar-refractivity contribution is 9.10. The number of hydrogen-bond acceptors (Lipinski definition) is 4. The van der Waals surface area contributed by atoms with Gasteiger partial charge >= 0.3 is 0 Å². The zero-order valence-corrected chi connectivity index (χ0v) is 13.5. The molecular weight excluding hydrogens is 342 g/mol. The summed E-state index contributed by atoms with van der Waals surface area (Å²) in [7, 11) is -2.79. The van der Waals surface area contributed by atoms with Gasteiger partial charge < -0.3 is 10.1 Å². The van der Waals surface area contributed by atoms with Crippen LogP contribution in [0.3, 0.4) is 0 Å². The minimum absolute atomic E-state index is 0.249. The van der Waals surface area contributed by atoms with Crippen molar-refractivity contribution in [1.82, 2.24) is 5.32 Å². The second-order valence-corrected chi connectivity index (χ2v) is 8.69. The molecule has 1 aromatic carbocycles. The molecule has 6 heteroatoms. The van der Waals surface area contributed by atoms with Gasteiger partial charge in [0, 0.05) is 22.5 Å². The summed E-state index contributed by atoms with van der Waals surface area (Å²) in [5.74, 6) is 1.85. The van der Waals surface area contributed by atoms with Crippen molar-refractivity contribution in [3.05, 3.63) is 28.2 Å². The van der Waals surface area contributed by atoms with E-state index in [0.29, 0.717) is 18.1 Å². The standard InChI is InChI=1S/C14H18BrNO3S/c15-11-1-2-14-12(7-11)13(3-5-19-14)16-8-10-4-6-20(17,18)9-10/h1-2,7,10,13,16H,3-6,8-9H2. The molecule has 1 aromatic rings. The van der Waals surface area contributed by atoms with E-state index in [9.17, 15) is 8.42 Å². The smallest absolute Gasteiger partial charge is 0.150 e. The molecule has 0 radical (unpaired) electrons. The van der Waals surface area contributed by atoms with Gasteiger partial charge in [-0.1, -0.05) is 15.9 Å². The zero-order chi connectivity index (χ0) is 14.2. The van der Waals surface area contributed by atoms with Crippen LogP contribution in [0.4, 0.5) is 0 Å². The van der Waals surface area contributed by atoms with E-state index < -0.39 is 9.84 Å². The molecule has 0 aliphatic carbocycles. The van der Waals surface area contributed by atoms with E-state index in [1.54, 1.807) is 0 Å². The van der Waals surface area contributed by atoms with Crippen LogP contribution in [0.15, 0.2) is 22.7 Å². The third kappa shape index (κ3) is 3.18. The minimum atomic E-state index is -2.79. The first-order valence-corrected chi connectivity index (χ1v) is 9.51. The second-order valence-electron chi connectivity index (χ2n) is 5.55. The predicted octanol–water partition coefficient (Wildman–Crippen LogP) is 2.30. The van der Waals surface area contributed by atoms with Gasteiger partial charge in [0.05, 0.1) is 18.1 Å². The number of ether oxygens (including phenoxy) is 1. The molecule has 2 aliphatic heterocycles. The highest BCUT2D eigenvalue weighted by atomic mass is 79.9. The normalized spacial score (nSPS) is 27.9. The first kappa shape index (κ1) is 14.4. The van der Waals surface area contributed by atoms with E-state index in [4.69, 9.17) is 4.74 Å². The molecular formula is C14H18BrNO3S. The van der Waals surface area contributed by atoms with Crippen LogP contribution >= 0.6 is 15.9 Å². The van der Waals surface area contributed by atoms with Crippen LogP contribution in [0, 0.1) is 5.92 Å². The van der Waals surface area contributed by atoms with Crippen LogP contribution < -0.4 is 10.1 Å². The third-order valence-electron chi connectivity index (χ3n) is 3.99. The van der Waals surface area contributed by atoms with Crippen molar-refractivity contribution in [2.75, 3.05) is 24.7 Å². The first-order valence-electron chi connectivity index (χ1n) is 6.89. The molecule has 0 saturated carbocycles. The van der Waals surface area contributed by atoms with Crippen LogP contribution in [-0.4, -0.2) is 33.1 Å². The molecule has 3 rings (SSSR count). The summed E-state index contributed by atoms with van der Waals surface area (Å²) in [6.07, 6.45) is 1.70. The fourth-order valence-electron chi connectivity index (χ4n) is 2.92. The van der Waals surface area contributed by atoms with Crippen LogP contribution in [-0.2, 0) is 9.84 Å². The number of benzene rings is 1. The Labute approximate surface area is 127 Å². The fraction of sp³-hybridized carbons (Fsp3) is 0.571. The predicted molar refractivity (Wildman–Crippen MR) is 81.8 cm³/mol. The van der Waals surface area contributed by atoms with Crippen LogP contribution in [0.5, 0.6) is 5.75 Å². The van der Waals surface area contributed by atoms with Gasteiger partial charge in [-0.15, -0.1) is 0 Å². The van der Waals surface area contributed by atoms with Crippen molar-refractivity contribution in [3.8, 4) is 5.75 Å². The van der Waals surface area contributed by atoms with Crippen LogP contribution in [0.2, 0.25) is 0 Å². The SMILES string of the molecule is O=S1(=O)CCC(CNC2CCOc3ccc(Br)cc32)C1. The maximum Gasteiger partial charge on any atom is 0.150 e. The zero-order valence-electron chi connectivity index (χ0n) is 11.1. The quantitative estimate of drug-likeness (QED) is 0.899. The molecule has 0 aromatic heterocycles. The largest absolute Gasteiger partial charge is 0.493 e. The topological polar surface area (TPSA) is 55.4 Å². The van der Waals surface area contributed by atoms with Gasteiger partial charge in [0.1, 0.15) is 5.75 Å². The summed E-state index contributed by atoms with van der Waals surface area (Å²) >= 11 is 3.49. The Balaban J connectivity index is 1.66. The average Bonchev–Trinajstić information content (AvgIpc) is 2.76. The molecule has 2 unspecified atom stereocenters. The van der Waals surface area contributed by atoms with Gasteiger partial charge in [-0.3, -0.25) is 0 Å². The minimum Gasteiger partial charge on any atom is -0.493 e. The third-order valence-corrected chi connectivity index (χ3v) is 6.32. The Kier molecular flexibility index (Phi) is 4.06. The van der Waals surface area contributed by atoms with Crippen molar-refractivity contribution in [2.24, 2.45) is 5.92 Å². The number of halogens is 1. The fourth-order valence-corrected chi connectivity index (χ4v) is 5.16. The Morgan fingerprint density at radius 1 is 1.35 bits per heavy atom. The first-order chi connectivity index (χ1) is 9.53. The Hall–Kier alpha value is -0.590. The summed E-state index contributed by atoms with van der Waals surface area (Å²) in [5.41, 5.74) is 1.16. The summed E-state index contributed by atoms with van der Waals surface area (Å²) in [6, 6.07) is 6.29. The maximum absolute atomic E-state index is 11.5. The molecule has 20 heavy (non-hydrogen) atoms. The Morgan fingerprint density at radius 3 is 2.95 bits per heavy atom. The maximum atomic E-state index is 11.5. The van der Waals surface area contributed by atoms with E-state index in [1.165, 1.54) is 0 Å². The molecule has 2 atom stereocenters. The lowest BCUT2D eigenvalue weighted by atomic mass is 9.99. The van der Waals surface area contributed by atoms with Crippen molar-refractivity contribution in [1.29, 1.82) is 0 Å². The van der Waals surface area contributed by atoms with Crippen molar-refractivity contribution < 1.29 is 13.2 Å². The summed E-state index contributed by atoms with van der Waals surface area (Å²) < 4.78 is 29.7. The van der Waals surface area contributed by atoms with Gasteiger partial charge in [-0.05, 0) is 37.1 Å². The molecule has 1 fully saturated rings. The molecule has 1 saturated heterocycles. The number of nitrogens with one attached hydrogen (secondary N) is 1. The summed E-state index contributed by atoms with van der Waals surface area (Å²) in [4.78, 5) is 0. The lowest BCUT2D eigenvalue weighted by molar-refractivity contribution is 0.249. The van der Waals surface area contributed by atoms with E-state index >= 15 is 0 Å². The molecule has 4 nitrogen and oxygen atoms in total. The van der Waals surface area contributed by atoms with Gasteiger partial charge in [0.15, 0.2) is 9.84 Å². The molecule has 0 bridgehead atoms. The summed E-state index contributed by atoms with van der Waals surface area (Å²) in [5, 5.41) is 3.52. The second kappa shape index (κ2) is 5.66. The number of rotatable bonds is 3. The molecule has 2 heterocycles. The van der Waals surface area contributed by atoms with Crippen molar-refractivity contribution in [3.63, 3.8) is 0 Å². The Bertz CT molecular complexity index is 602. The van der Waals surface area contributed by atoms with Gasteiger partial charge in [0.2, 0.25) is 0 Å². The van der Waals surface area contributed by atoms with Gasteiger partial charge in [-0.25, -0.2) is 8.42 Å². The summed E-state index contributed by atoms with van der Waals surface area (Å²) in [6.45, 7) is 1.46. The van der Waals surface area contributed by atoms with E-state index in [0.717, 1.165) is 35.2 Å². The van der Waals surface area contributed by atoms with Gasteiger partial charge in [-0.2, -0.15) is 0 Å². The van der Waals surface area contributed by atoms with Crippen LogP contribution in [0.25, 0.3) is 0 Å². The highest BCUT2D eigenvalue weighted by Gasteiger charge is 2.29. The Morgan fingerprint density at radius 2 is 2.20 bits per heavy atom. The number of sulfone groups is 1. The molecule has 0 spiro atoms. The van der Waals surface area contributed by atoms with E-state index in [-0.39, 0.29) is 12.0 Å². The molecule has 110 valence electrons. The molecule has 1 N–H and O–H groups in total. The van der Waals surface area contributed by atoms with Gasteiger partial charge in [0.25, 0.3) is 0 Å². The average molecular weight is 360 g/mol. The number of hydrogen-bond donors (Lipinski definition) is 1. The van der Waals surface area contributed by atoms with Crippen molar-refractivity contribution in [2.45, 2.75) is 18.9 Å².